The Balaban J connectivity index is 1.35. The molecule has 3 aromatic heterocycles. The van der Waals surface area contributed by atoms with Gasteiger partial charge in [0.1, 0.15) is 5.69 Å². The third-order valence-corrected chi connectivity index (χ3v) is 6.03. The van der Waals surface area contributed by atoms with Gasteiger partial charge in [-0.05, 0) is 55.9 Å². The molecule has 2 aromatic carbocycles. The van der Waals surface area contributed by atoms with Crippen molar-refractivity contribution in [1.29, 1.82) is 0 Å². The lowest BCUT2D eigenvalue weighted by Gasteiger charge is -2.20. The summed E-state index contributed by atoms with van der Waals surface area (Å²) in [6.07, 6.45) is 8.55. The summed E-state index contributed by atoms with van der Waals surface area (Å²) < 4.78 is 1.97. The van der Waals surface area contributed by atoms with Gasteiger partial charge in [-0.1, -0.05) is 36.4 Å². The lowest BCUT2D eigenvalue weighted by molar-refractivity contribution is 0.0989. The fourth-order valence-corrected chi connectivity index (χ4v) is 4.24. The summed E-state index contributed by atoms with van der Waals surface area (Å²) >= 11 is 0. The summed E-state index contributed by atoms with van der Waals surface area (Å²) in [5.41, 5.74) is 5.35. The fraction of sp³-hybridized carbons (Fsp3) is 0.231. The van der Waals surface area contributed by atoms with E-state index in [4.69, 9.17) is 0 Å². The highest BCUT2D eigenvalue weighted by Gasteiger charge is 2.19. The standard InChI is InChI=1S/C26H27N7O/c1-32(2)11-10-24(19-6-4-3-5-7-19)33-17-18(14-29-33)12-25(34)26-22-9-8-20(13-23(22)30-31-26)21-15-27-28-16-21/h3-9,13-17,24H,10-12H2,1-2H3,(H,27,28)(H,30,31)/t24-/m1/s1. The number of nitrogens with zero attached hydrogens (tertiary/aromatic N) is 5. The van der Waals surface area contributed by atoms with Gasteiger partial charge in [-0.2, -0.15) is 15.3 Å². The van der Waals surface area contributed by atoms with Crippen LogP contribution in [0.3, 0.4) is 0 Å². The van der Waals surface area contributed by atoms with E-state index in [2.05, 4.69) is 56.6 Å². The molecule has 0 unspecified atom stereocenters. The van der Waals surface area contributed by atoms with E-state index >= 15 is 0 Å². The Kier molecular flexibility index (Phi) is 6.05. The molecule has 0 radical (unpaired) electrons. The maximum atomic E-state index is 13.1. The van der Waals surface area contributed by atoms with E-state index in [1.165, 1.54) is 5.56 Å². The predicted molar refractivity (Wildman–Crippen MR) is 132 cm³/mol. The highest BCUT2D eigenvalue weighted by molar-refractivity contribution is 6.07. The molecule has 8 heteroatoms. The molecule has 0 aliphatic heterocycles. The first kappa shape index (κ1) is 21.8. The summed E-state index contributed by atoms with van der Waals surface area (Å²) in [5, 5.41) is 19.6. The second-order valence-corrected chi connectivity index (χ2v) is 8.77. The van der Waals surface area contributed by atoms with Crippen molar-refractivity contribution >= 4 is 16.7 Å². The van der Waals surface area contributed by atoms with Gasteiger partial charge in [0.2, 0.25) is 0 Å². The minimum Gasteiger partial charge on any atom is -0.309 e. The topological polar surface area (TPSA) is 95.5 Å². The van der Waals surface area contributed by atoms with Crippen LogP contribution in [-0.4, -0.2) is 61.5 Å². The van der Waals surface area contributed by atoms with Crippen LogP contribution in [0, 0.1) is 0 Å². The molecule has 3 heterocycles. The zero-order valence-electron chi connectivity index (χ0n) is 19.3. The van der Waals surface area contributed by atoms with E-state index in [0.717, 1.165) is 40.6 Å². The molecular formula is C26H27N7O. The van der Waals surface area contributed by atoms with Gasteiger partial charge in [-0.25, -0.2) is 0 Å². The predicted octanol–water partition coefficient (Wildman–Crippen LogP) is 4.12. The van der Waals surface area contributed by atoms with Crippen molar-refractivity contribution in [1.82, 2.24) is 35.1 Å². The smallest absolute Gasteiger partial charge is 0.188 e. The average Bonchev–Trinajstić information content (AvgIpc) is 3.60. The van der Waals surface area contributed by atoms with Crippen molar-refractivity contribution in [2.24, 2.45) is 0 Å². The minimum atomic E-state index is -0.0357. The third kappa shape index (κ3) is 4.53. The van der Waals surface area contributed by atoms with Crippen LogP contribution in [-0.2, 0) is 6.42 Å². The van der Waals surface area contributed by atoms with Crippen molar-refractivity contribution in [3.05, 3.63) is 90.1 Å². The van der Waals surface area contributed by atoms with Crippen molar-refractivity contribution in [3.63, 3.8) is 0 Å². The molecule has 172 valence electrons. The number of hydrogen-bond acceptors (Lipinski definition) is 5. The summed E-state index contributed by atoms with van der Waals surface area (Å²) in [6, 6.07) is 16.4. The number of rotatable bonds is 9. The van der Waals surface area contributed by atoms with Crippen molar-refractivity contribution in [2.75, 3.05) is 20.6 Å². The monoisotopic (exact) mass is 453 g/mol. The lowest BCUT2D eigenvalue weighted by atomic mass is 10.0. The van der Waals surface area contributed by atoms with Gasteiger partial charge in [-0.3, -0.25) is 19.7 Å². The van der Waals surface area contributed by atoms with E-state index in [9.17, 15) is 4.79 Å². The van der Waals surface area contributed by atoms with Gasteiger partial charge in [-0.15, -0.1) is 0 Å². The van der Waals surface area contributed by atoms with Crippen molar-refractivity contribution in [2.45, 2.75) is 18.9 Å². The van der Waals surface area contributed by atoms with Crippen LogP contribution in [0.1, 0.15) is 34.1 Å². The molecule has 0 aliphatic carbocycles. The summed E-state index contributed by atoms with van der Waals surface area (Å²) in [6.45, 7) is 0.938. The molecule has 0 aliphatic rings. The molecule has 0 saturated carbocycles. The fourth-order valence-electron chi connectivity index (χ4n) is 4.24. The molecule has 0 bridgehead atoms. The van der Waals surface area contributed by atoms with E-state index in [1.54, 1.807) is 12.4 Å². The normalized spacial score (nSPS) is 12.4. The Labute approximate surface area is 197 Å². The highest BCUT2D eigenvalue weighted by Crippen LogP contribution is 2.26. The van der Waals surface area contributed by atoms with E-state index in [0.29, 0.717) is 5.69 Å². The van der Waals surface area contributed by atoms with Crippen LogP contribution < -0.4 is 0 Å². The van der Waals surface area contributed by atoms with E-state index in [-0.39, 0.29) is 18.2 Å². The molecule has 1 atom stereocenters. The van der Waals surface area contributed by atoms with Crippen LogP contribution in [0.25, 0.3) is 22.0 Å². The van der Waals surface area contributed by atoms with Crippen LogP contribution >= 0.6 is 0 Å². The zero-order valence-corrected chi connectivity index (χ0v) is 19.3. The number of H-pyrrole nitrogens is 2. The van der Waals surface area contributed by atoms with Crippen LogP contribution in [0.4, 0.5) is 0 Å². The van der Waals surface area contributed by atoms with E-state index in [1.807, 2.05) is 53.5 Å². The van der Waals surface area contributed by atoms with Gasteiger partial charge >= 0.3 is 0 Å². The lowest BCUT2D eigenvalue weighted by Crippen LogP contribution is -2.20. The summed E-state index contributed by atoms with van der Waals surface area (Å²) in [4.78, 5) is 15.3. The summed E-state index contributed by atoms with van der Waals surface area (Å²) in [5.74, 6) is -0.0357. The SMILES string of the molecule is CN(C)CC[C@H](c1ccccc1)n1cc(CC(=O)c2n[nH]c3cc(-c4cn[nH]c4)ccc23)cn1. The van der Waals surface area contributed by atoms with Crippen LogP contribution in [0.15, 0.2) is 73.3 Å². The maximum Gasteiger partial charge on any atom is 0.188 e. The highest BCUT2D eigenvalue weighted by atomic mass is 16.1. The number of Topliss-reactive ketones (excluding diaryl/α,β-unsaturated/α-hetero) is 1. The Morgan fingerprint density at radius 1 is 1.09 bits per heavy atom. The molecular weight excluding hydrogens is 426 g/mol. The summed E-state index contributed by atoms with van der Waals surface area (Å²) in [7, 11) is 4.14. The molecule has 34 heavy (non-hydrogen) atoms. The van der Waals surface area contributed by atoms with Crippen molar-refractivity contribution < 1.29 is 4.79 Å². The van der Waals surface area contributed by atoms with Gasteiger partial charge < -0.3 is 4.90 Å². The molecule has 0 saturated heterocycles. The van der Waals surface area contributed by atoms with Gasteiger partial charge in [0.05, 0.1) is 24.0 Å². The number of nitrogens with one attached hydrogen (secondary N) is 2. The Hall–Kier alpha value is -4.04. The molecule has 0 amide bonds. The molecule has 5 aromatic rings. The number of ketones is 1. The Bertz CT molecular complexity index is 1380. The number of carbonyl (C=O) groups excluding carboxylic acids is 1. The molecule has 8 nitrogen and oxygen atoms in total. The third-order valence-electron chi connectivity index (χ3n) is 6.03. The first-order chi connectivity index (χ1) is 16.6. The number of benzene rings is 2. The first-order valence-corrected chi connectivity index (χ1v) is 11.3. The Morgan fingerprint density at radius 2 is 1.94 bits per heavy atom. The largest absolute Gasteiger partial charge is 0.309 e. The van der Waals surface area contributed by atoms with Gasteiger partial charge in [0.15, 0.2) is 5.78 Å². The van der Waals surface area contributed by atoms with Crippen LogP contribution in [0.5, 0.6) is 0 Å². The maximum absolute atomic E-state index is 13.1. The Morgan fingerprint density at radius 3 is 2.71 bits per heavy atom. The number of aromatic amines is 2. The van der Waals surface area contributed by atoms with E-state index < -0.39 is 0 Å². The minimum absolute atomic E-state index is 0.0357. The van der Waals surface area contributed by atoms with Gasteiger partial charge in [0.25, 0.3) is 0 Å². The van der Waals surface area contributed by atoms with Crippen molar-refractivity contribution in [3.8, 4) is 11.1 Å². The number of fused-ring (bicyclic) bond motifs is 1. The first-order valence-electron chi connectivity index (χ1n) is 11.3. The molecule has 0 fully saturated rings. The number of hydrogen-bond donors (Lipinski definition) is 2. The van der Waals surface area contributed by atoms with Gasteiger partial charge in [0, 0.05) is 29.8 Å². The second kappa shape index (κ2) is 9.44. The second-order valence-electron chi connectivity index (χ2n) is 8.77. The van der Waals surface area contributed by atoms with Crippen LogP contribution in [0.2, 0.25) is 0 Å². The zero-order chi connectivity index (χ0) is 23.5. The quantitative estimate of drug-likeness (QED) is 0.328. The molecule has 5 rings (SSSR count). The average molecular weight is 454 g/mol. The molecule has 2 N–H and O–H groups in total. The molecule has 0 spiro atoms. The number of aromatic nitrogens is 6. The number of carbonyl (C=O) groups is 1.